The van der Waals surface area contributed by atoms with Crippen molar-refractivity contribution >= 4 is 0 Å². The molecule has 2 N–H and O–H groups in total. The summed E-state index contributed by atoms with van der Waals surface area (Å²) in [7, 11) is 4.45. The van der Waals surface area contributed by atoms with Gasteiger partial charge in [0.1, 0.15) is 0 Å². The van der Waals surface area contributed by atoms with E-state index in [4.69, 9.17) is 5.11 Å². The molecule has 0 bridgehead atoms. The van der Waals surface area contributed by atoms with E-state index in [1.807, 2.05) is 0 Å². The second-order valence-corrected chi connectivity index (χ2v) is 4.17. The van der Waals surface area contributed by atoms with Crippen molar-refractivity contribution in [2.45, 2.75) is 19.8 Å². The fraction of sp³-hybridized carbons (Fsp3) is 1.00. The minimum atomic E-state index is 0.314. The first-order chi connectivity index (χ1) is 6.12. The van der Waals surface area contributed by atoms with E-state index in [0.29, 0.717) is 6.61 Å². The van der Waals surface area contributed by atoms with Crippen LogP contribution in [0.15, 0.2) is 0 Å². The SMILES string of the molecule is CCNCCC[N+](C)(C)CCCO. The van der Waals surface area contributed by atoms with Crippen LogP contribution in [0.1, 0.15) is 19.8 Å². The summed E-state index contributed by atoms with van der Waals surface area (Å²) in [6, 6.07) is 0. The van der Waals surface area contributed by atoms with E-state index in [-0.39, 0.29) is 0 Å². The number of aliphatic hydroxyl groups is 1. The first kappa shape index (κ1) is 12.9. The Kier molecular flexibility index (Phi) is 7.23. The summed E-state index contributed by atoms with van der Waals surface area (Å²) >= 11 is 0. The van der Waals surface area contributed by atoms with Gasteiger partial charge in [0.25, 0.3) is 0 Å². The smallest absolute Gasteiger partial charge is 0.0804 e. The van der Waals surface area contributed by atoms with Crippen molar-refractivity contribution in [1.29, 1.82) is 0 Å². The van der Waals surface area contributed by atoms with Crippen molar-refractivity contribution in [2.75, 3.05) is 46.9 Å². The van der Waals surface area contributed by atoms with Crippen LogP contribution in [0.25, 0.3) is 0 Å². The Morgan fingerprint density at radius 3 is 2.31 bits per heavy atom. The van der Waals surface area contributed by atoms with Gasteiger partial charge in [-0.3, -0.25) is 0 Å². The van der Waals surface area contributed by atoms with Crippen molar-refractivity contribution in [3.8, 4) is 0 Å². The summed E-state index contributed by atoms with van der Waals surface area (Å²) in [6.07, 6.45) is 2.13. The maximum atomic E-state index is 8.72. The highest BCUT2D eigenvalue weighted by atomic mass is 16.3. The monoisotopic (exact) mass is 189 g/mol. The molecule has 0 aromatic carbocycles. The molecule has 0 aliphatic heterocycles. The van der Waals surface area contributed by atoms with Gasteiger partial charge in [-0.15, -0.1) is 0 Å². The van der Waals surface area contributed by atoms with Gasteiger partial charge < -0.3 is 14.9 Å². The standard InChI is InChI=1S/C10H25N2O/c1-4-11-7-5-8-12(2,3)9-6-10-13/h11,13H,4-10H2,1-3H3/q+1. The van der Waals surface area contributed by atoms with Crippen LogP contribution in [-0.2, 0) is 0 Å². The number of nitrogens with one attached hydrogen (secondary N) is 1. The maximum Gasteiger partial charge on any atom is 0.0804 e. The van der Waals surface area contributed by atoms with E-state index in [1.165, 1.54) is 13.0 Å². The zero-order chi connectivity index (χ0) is 10.2. The minimum Gasteiger partial charge on any atom is -0.396 e. The fourth-order valence-corrected chi connectivity index (χ4v) is 1.42. The molecule has 0 radical (unpaired) electrons. The Bertz CT molecular complexity index is 115. The van der Waals surface area contributed by atoms with Crippen LogP contribution in [0, 0.1) is 0 Å². The Morgan fingerprint density at radius 1 is 1.15 bits per heavy atom. The Hall–Kier alpha value is -0.120. The van der Waals surface area contributed by atoms with Crippen molar-refractivity contribution in [3.63, 3.8) is 0 Å². The number of nitrogens with zero attached hydrogens (tertiary/aromatic N) is 1. The molecule has 0 aromatic heterocycles. The largest absolute Gasteiger partial charge is 0.396 e. The van der Waals surface area contributed by atoms with E-state index in [0.717, 1.165) is 30.5 Å². The van der Waals surface area contributed by atoms with Crippen LogP contribution in [-0.4, -0.2) is 56.5 Å². The molecule has 0 rings (SSSR count). The van der Waals surface area contributed by atoms with E-state index >= 15 is 0 Å². The molecule has 13 heavy (non-hydrogen) atoms. The first-order valence-electron chi connectivity index (χ1n) is 5.26. The van der Waals surface area contributed by atoms with Gasteiger partial charge in [-0.25, -0.2) is 0 Å². The molecule has 0 unspecified atom stereocenters. The van der Waals surface area contributed by atoms with E-state index in [2.05, 4.69) is 26.3 Å². The van der Waals surface area contributed by atoms with Crippen molar-refractivity contribution in [1.82, 2.24) is 5.32 Å². The molecule has 0 spiro atoms. The lowest BCUT2D eigenvalue weighted by Crippen LogP contribution is -2.42. The molecule has 0 aliphatic carbocycles. The Morgan fingerprint density at radius 2 is 1.77 bits per heavy atom. The minimum absolute atomic E-state index is 0.314. The third-order valence-corrected chi connectivity index (χ3v) is 2.29. The maximum absolute atomic E-state index is 8.72. The highest BCUT2D eigenvalue weighted by Gasteiger charge is 2.12. The van der Waals surface area contributed by atoms with Crippen molar-refractivity contribution < 1.29 is 9.59 Å². The summed E-state index contributed by atoms with van der Waals surface area (Å²) in [6.45, 7) is 6.87. The lowest BCUT2D eigenvalue weighted by molar-refractivity contribution is -0.890. The number of quaternary nitrogens is 1. The Balaban J connectivity index is 3.39. The van der Waals surface area contributed by atoms with Crippen molar-refractivity contribution in [2.24, 2.45) is 0 Å². The predicted octanol–water partition coefficient (Wildman–Crippen LogP) is 0.445. The number of hydrogen-bond acceptors (Lipinski definition) is 2. The second kappa shape index (κ2) is 7.30. The third-order valence-electron chi connectivity index (χ3n) is 2.29. The number of rotatable bonds is 8. The molecule has 0 aromatic rings. The molecule has 0 aliphatic rings. The van der Waals surface area contributed by atoms with Gasteiger partial charge in [0.05, 0.1) is 27.2 Å². The molecule has 0 atom stereocenters. The molecule has 0 saturated heterocycles. The zero-order valence-corrected chi connectivity index (χ0v) is 9.34. The average Bonchev–Trinajstić information content (AvgIpc) is 2.09. The van der Waals surface area contributed by atoms with Crippen LogP contribution in [0.4, 0.5) is 0 Å². The summed E-state index contributed by atoms with van der Waals surface area (Å²) < 4.78 is 1.02. The average molecular weight is 189 g/mol. The highest BCUT2D eigenvalue weighted by molar-refractivity contribution is 4.44. The van der Waals surface area contributed by atoms with Gasteiger partial charge in [-0.05, 0) is 6.54 Å². The first-order valence-corrected chi connectivity index (χ1v) is 5.26. The zero-order valence-electron chi connectivity index (χ0n) is 9.34. The van der Waals surface area contributed by atoms with Gasteiger partial charge in [0.2, 0.25) is 0 Å². The van der Waals surface area contributed by atoms with Crippen LogP contribution in [0.3, 0.4) is 0 Å². The van der Waals surface area contributed by atoms with Gasteiger partial charge >= 0.3 is 0 Å². The highest BCUT2D eigenvalue weighted by Crippen LogP contribution is 2.00. The predicted molar refractivity (Wildman–Crippen MR) is 56.7 cm³/mol. The lowest BCUT2D eigenvalue weighted by atomic mass is 10.3. The normalized spacial score (nSPS) is 12.0. The molecule has 0 heterocycles. The quantitative estimate of drug-likeness (QED) is 0.429. The summed E-state index contributed by atoms with van der Waals surface area (Å²) in [5, 5.41) is 12.0. The van der Waals surface area contributed by atoms with E-state index in [1.54, 1.807) is 0 Å². The molecular formula is C10H25N2O+. The number of hydrogen-bond donors (Lipinski definition) is 2. The van der Waals surface area contributed by atoms with Crippen LogP contribution < -0.4 is 5.32 Å². The molecule has 80 valence electrons. The Labute approximate surface area is 82.3 Å². The van der Waals surface area contributed by atoms with Crippen LogP contribution in [0.2, 0.25) is 0 Å². The van der Waals surface area contributed by atoms with Crippen molar-refractivity contribution in [3.05, 3.63) is 0 Å². The number of aliphatic hydroxyl groups excluding tert-OH is 1. The third kappa shape index (κ3) is 8.22. The summed E-state index contributed by atoms with van der Waals surface area (Å²) in [5.74, 6) is 0. The molecule has 3 nitrogen and oxygen atoms in total. The van der Waals surface area contributed by atoms with Gasteiger partial charge in [-0.2, -0.15) is 0 Å². The van der Waals surface area contributed by atoms with Gasteiger partial charge in [-0.1, -0.05) is 6.92 Å². The van der Waals surface area contributed by atoms with Gasteiger partial charge in [0, 0.05) is 26.0 Å². The topological polar surface area (TPSA) is 32.3 Å². The second-order valence-electron chi connectivity index (χ2n) is 4.17. The lowest BCUT2D eigenvalue weighted by Gasteiger charge is -2.29. The molecule has 0 amide bonds. The van der Waals surface area contributed by atoms with Crippen LogP contribution >= 0.6 is 0 Å². The fourth-order valence-electron chi connectivity index (χ4n) is 1.42. The molecule has 0 saturated carbocycles. The molecular weight excluding hydrogens is 164 g/mol. The van der Waals surface area contributed by atoms with Crippen LogP contribution in [0.5, 0.6) is 0 Å². The van der Waals surface area contributed by atoms with E-state index < -0.39 is 0 Å². The van der Waals surface area contributed by atoms with Gasteiger partial charge in [0.15, 0.2) is 0 Å². The summed E-state index contributed by atoms with van der Waals surface area (Å²) in [5.41, 5.74) is 0. The molecule has 3 heteroatoms. The summed E-state index contributed by atoms with van der Waals surface area (Å²) in [4.78, 5) is 0. The van der Waals surface area contributed by atoms with E-state index in [9.17, 15) is 0 Å². The molecule has 0 fully saturated rings.